The van der Waals surface area contributed by atoms with Crippen molar-refractivity contribution >= 4 is 17.7 Å². The van der Waals surface area contributed by atoms with Crippen LogP contribution in [0.15, 0.2) is 29.3 Å². The number of benzene rings is 1. The summed E-state index contributed by atoms with van der Waals surface area (Å²) in [6.45, 7) is 0. The molecule has 1 aromatic rings. The lowest BCUT2D eigenvalue weighted by atomic mass is 10.1. The Hall–Kier alpha value is -1.11. The highest BCUT2D eigenvalue weighted by atomic mass is 35.5. The molecule has 1 saturated carbocycles. The zero-order valence-corrected chi connectivity index (χ0v) is 7.66. The van der Waals surface area contributed by atoms with Crippen molar-refractivity contribution in [1.82, 2.24) is 0 Å². The van der Waals surface area contributed by atoms with E-state index in [1.807, 2.05) is 24.3 Å². The van der Waals surface area contributed by atoms with E-state index >= 15 is 0 Å². The van der Waals surface area contributed by atoms with E-state index in [2.05, 4.69) is 4.99 Å². The number of halogens is 1. The van der Waals surface area contributed by atoms with Gasteiger partial charge in [-0.15, -0.1) is 0 Å². The van der Waals surface area contributed by atoms with Gasteiger partial charge in [-0.1, -0.05) is 29.8 Å². The monoisotopic (exact) mass is 193 g/mol. The molecule has 0 amide bonds. The molecule has 1 aromatic carbocycles. The lowest BCUT2D eigenvalue weighted by Gasteiger charge is -1.99. The van der Waals surface area contributed by atoms with E-state index in [1.54, 1.807) is 6.08 Å². The first-order chi connectivity index (χ1) is 6.33. The van der Waals surface area contributed by atoms with Gasteiger partial charge in [0.05, 0.1) is 6.04 Å². The van der Waals surface area contributed by atoms with Gasteiger partial charge in [-0.25, -0.2) is 9.79 Å². The number of isocyanates is 1. The molecule has 1 fully saturated rings. The summed E-state index contributed by atoms with van der Waals surface area (Å²) < 4.78 is 0. The standard InChI is InChI=1S/C10H8ClNO/c11-9-4-2-1-3-7(9)8-5-10(8)12-6-13/h1-4,8,10H,5H2. The van der Waals surface area contributed by atoms with Gasteiger partial charge in [0.1, 0.15) is 0 Å². The predicted octanol–water partition coefficient (Wildman–Crippen LogP) is 2.53. The highest BCUT2D eigenvalue weighted by molar-refractivity contribution is 6.31. The molecular weight excluding hydrogens is 186 g/mol. The summed E-state index contributed by atoms with van der Waals surface area (Å²) in [5, 5.41) is 0.760. The number of hydrogen-bond acceptors (Lipinski definition) is 2. The molecule has 66 valence electrons. The van der Waals surface area contributed by atoms with Gasteiger partial charge in [-0.05, 0) is 18.1 Å². The molecule has 0 aromatic heterocycles. The van der Waals surface area contributed by atoms with Crippen LogP contribution in [-0.4, -0.2) is 12.1 Å². The first kappa shape index (κ1) is 8.49. The maximum absolute atomic E-state index is 9.99. The third-order valence-electron chi connectivity index (χ3n) is 2.28. The van der Waals surface area contributed by atoms with E-state index in [4.69, 9.17) is 11.6 Å². The SMILES string of the molecule is O=C=NC1CC1c1ccccc1Cl. The third-order valence-corrected chi connectivity index (χ3v) is 2.62. The van der Waals surface area contributed by atoms with Crippen LogP contribution in [0.4, 0.5) is 0 Å². The van der Waals surface area contributed by atoms with Crippen molar-refractivity contribution in [1.29, 1.82) is 0 Å². The van der Waals surface area contributed by atoms with Crippen molar-refractivity contribution in [3.05, 3.63) is 34.9 Å². The predicted molar refractivity (Wildman–Crippen MR) is 50.7 cm³/mol. The summed E-state index contributed by atoms with van der Waals surface area (Å²) in [4.78, 5) is 13.7. The summed E-state index contributed by atoms with van der Waals surface area (Å²) in [5.41, 5.74) is 1.09. The normalized spacial score (nSPS) is 25.0. The van der Waals surface area contributed by atoms with E-state index in [0.717, 1.165) is 17.0 Å². The average Bonchev–Trinajstić information content (AvgIpc) is 2.86. The van der Waals surface area contributed by atoms with Crippen molar-refractivity contribution in [2.24, 2.45) is 4.99 Å². The minimum Gasteiger partial charge on any atom is -0.211 e. The molecule has 0 N–H and O–H groups in total. The van der Waals surface area contributed by atoms with Gasteiger partial charge in [0, 0.05) is 10.9 Å². The maximum Gasteiger partial charge on any atom is 0.235 e. The molecule has 2 nitrogen and oxygen atoms in total. The number of aliphatic imine (C=N–C) groups is 1. The van der Waals surface area contributed by atoms with Gasteiger partial charge >= 0.3 is 0 Å². The van der Waals surface area contributed by atoms with E-state index in [9.17, 15) is 4.79 Å². The quantitative estimate of drug-likeness (QED) is 0.524. The number of nitrogens with zero attached hydrogens (tertiary/aromatic N) is 1. The van der Waals surface area contributed by atoms with E-state index in [0.29, 0.717) is 5.92 Å². The minimum absolute atomic E-state index is 0.109. The van der Waals surface area contributed by atoms with Gasteiger partial charge in [-0.3, -0.25) is 0 Å². The van der Waals surface area contributed by atoms with Crippen molar-refractivity contribution in [2.75, 3.05) is 0 Å². The summed E-state index contributed by atoms with van der Waals surface area (Å²) in [5.74, 6) is 0.329. The fraction of sp³-hybridized carbons (Fsp3) is 0.300. The van der Waals surface area contributed by atoms with Crippen LogP contribution in [0.2, 0.25) is 5.02 Å². The first-order valence-corrected chi connectivity index (χ1v) is 4.52. The average molecular weight is 194 g/mol. The molecule has 3 heteroatoms. The Kier molecular flexibility index (Phi) is 2.17. The number of carbonyl (C=O) groups excluding carboxylic acids is 1. The molecule has 0 saturated heterocycles. The highest BCUT2D eigenvalue weighted by Crippen LogP contribution is 2.45. The first-order valence-electron chi connectivity index (χ1n) is 4.14. The largest absolute Gasteiger partial charge is 0.235 e. The summed E-state index contributed by atoms with van der Waals surface area (Å²) in [6.07, 6.45) is 2.50. The van der Waals surface area contributed by atoms with Crippen LogP contribution in [0.25, 0.3) is 0 Å². The molecular formula is C10H8ClNO. The molecule has 0 bridgehead atoms. The van der Waals surface area contributed by atoms with Crippen LogP contribution in [0, 0.1) is 0 Å². The third kappa shape index (κ3) is 1.64. The van der Waals surface area contributed by atoms with Gasteiger partial charge in [0.15, 0.2) is 0 Å². The molecule has 13 heavy (non-hydrogen) atoms. The van der Waals surface area contributed by atoms with Crippen molar-refractivity contribution in [2.45, 2.75) is 18.4 Å². The van der Waals surface area contributed by atoms with Crippen LogP contribution in [0.3, 0.4) is 0 Å². The minimum atomic E-state index is 0.109. The van der Waals surface area contributed by atoms with Crippen LogP contribution in [0.1, 0.15) is 17.9 Å². The fourth-order valence-corrected chi connectivity index (χ4v) is 1.78. The summed E-state index contributed by atoms with van der Waals surface area (Å²) in [6, 6.07) is 7.79. The van der Waals surface area contributed by atoms with Crippen LogP contribution < -0.4 is 0 Å². The lowest BCUT2D eigenvalue weighted by Crippen LogP contribution is -1.85. The molecule has 0 spiro atoms. The van der Waals surface area contributed by atoms with E-state index in [1.165, 1.54) is 0 Å². The molecule has 1 aliphatic carbocycles. The molecule has 0 radical (unpaired) electrons. The van der Waals surface area contributed by atoms with Crippen molar-refractivity contribution in [3.8, 4) is 0 Å². The van der Waals surface area contributed by atoms with Gasteiger partial charge in [0.25, 0.3) is 0 Å². The van der Waals surface area contributed by atoms with Crippen molar-refractivity contribution in [3.63, 3.8) is 0 Å². The van der Waals surface area contributed by atoms with Gasteiger partial charge < -0.3 is 0 Å². The lowest BCUT2D eigenvalue weighted by molar-refractivity contribution is 0.562. The topological polar surface area (TPSA) is 29.4 Å². The molecule has 2 rings (SSSR count). The maximum atomic E-state index is 9.99. The summed E-state index contributed by atoms with van der Waals surface area (Å²) in [7, 11) is 0. The molecule has 0 aliphatic heterocycles. The Morgan fingerprint density at radius 1 is 1.46 bits per heavy atom. The smallest absolute Gasteiger partial charge is 0.211 e. The summed E-state index contributed by atoms with van der Waals surface area (Å²) >= 11 is 5.98. The van der Waals surface area contributed by atoms with E-state index < -0.39 is 0 Å². The fourth-order valence-electron chi connectivity index (χ4n) is 1.50. The van der Waals surface area contributed by atoms with Crippen LogP contribution in [-0.2, 0) is 4.79 Å². The number of hydrogen-bond donors (Lipinski definition) is 0. The Morgan fingerprint density at radius 2 is 2.23 bits per heavy atom. The molecule has 0 heterocycles. The van der Waals surface area contributed by atoms with Crippen molar-refractivity contribution < 1.29 is 4.79 Å². The second-order valence-corrected chi connectivity index (χ2v) is 3.56. The molecule has 2 unspecified atom stereocenters. The van der Waals surface area contributed by atoms with Gasteiger partial charge in [-0.2, -0.15) is 0 Å². The Labute approximate surface area is 81.2 Å². The zero-order chi connectivity index (χ0) is 9.26. The van der Waals surface area contributed by atoms with Crippen LogP contribution >= 0.6 is 11.6 Å². The Balaban J connectivity index is 2.20. The Morgan fingerprint density at radius 3 is 2.92 bits per heavy atom. The highest BCUT2D eigenvalue weighted by Gasteiger charge is 2.39. The second kappa shape index (κ2) is 3.33. The number of rotatable bonds is 2. The molecule has 2 atom stereocenters. The molecule has 1 aliphatic rings. The zero-order valence-electron chi connectivity index (χ0n) is 6.90. The van der Waals surface area contributed by atoms with E-state index in [-0.39, 0.29) is 6.04 Å². The van der Waals surface area contributed by atoms with Crippen LogP contribution in [0.5, 0.6) is 0 Å². The Bertz CT molecular complexity index is 371. The van der Waals surface area contributed by atoms with Gasteiger partial charge in [0.2, 0.25) is 6.08 Å². The second-order valence-electron chi connectivity index (χ2n) is 3.15.